The Kier molecular flexibility index (Phi) is 4.94. The molecule has 6 heteroatoms. The molecule has 2 aliphatic heterocycles. The summed E-state index contributed by atoms with van der Waals surface area (Å²) in [5.74, 6) is 0.809. The fourth-order valence-electron chi connectivity index (χ4n) is 4.17. The van der Waals surface area contributed by atoms with Crippen molar-refractivity contribution in [2.45, 2.75) is 63.6 Å². The topological polar surface area (TPSA) is 64.6 Å². The molecule has 4 rings (SSSR count). The molecule has 1 aromatic heterocycles. The quantitative estimate of drug-likeness (QED) is 0.776. The predicted molar refractivity (Wildman–Crippen MR) is 96.9 cm³/mol. The zero-order valence-corrected chi connectivity index (χ0v) is 15.4. The third kappa shape index (κ3) is 3.90. The predicted octanol–water partition coefficient (Wildman–Crippen LogP) is 2.81. The first-order valence-electron chi connectivity index (χ1n) is 9.67. The van der Waals surface area contributed by atoms with Crippen molar-refractivity contribution >= 4 is 5.91 Å². The monoisotopic (exact) mass is 357 g/mol. The highest BCUT2D eigenvalue weighted by atomic mass is 16.5. The Hall–Kier alpha value is -1.95. The van der Waals surface area contributed by atoms with Crippen molar-refractivity contribution in [1.82, 2.24) is 14.9 Å². The molecule has 1 aliphatic carbocycles. The van der Waals surface area contributed by atoms with E-state index in [9.17, 15) is 4.79 Å². The average Bonchev–Trinajstić information content (AvgIpc) is 2.60. The molecule has 1 amide bonds. The van der Waals surface area contributed by atoms with E-state index in [1.165, 1.54) is 18.4 Å². The van der Waals surface area contributed by atoms with Gasteiger partial charge in [-0.1, -0.05) is 11.6 Å². The zero-order chi connectivity index (χ0) is 18.0. The molecule has 2 fully saturated rings. The summed E-state index contributed by atoms with van der Waals surface area (Å²) in [6, 6.07) is 0. The van der Waals surface area contributed by atoms with E-state index in [2.05, 4.69) is 16.0 Å². The number of rotatable bonds is 4. The van der Waals surface area contributed by atoms with Gasteiger partial charge in [0.25, 0.3) is 0 Å². The number of likely N-dealkylation sites (tertiary alicyclic amines) is 1. The fraction of sp³-hybridized carbons (Fsp3) is 0.650. The van der Waals surface area contributed by atoms with Gasteiger partial charge >= 0.3 is 0 Å². The van der Waals surface area contributed by atoms with Crippen molar-refractivity contribution in [1.29, 1.82) is 0 Å². The van der Waals surface area contributed by atoms with Gasteiger partial charge in [0.05, 0.1) is 31.6 Å². The van der Waals surface area contributed by atoms with Crippen LogP contribution >= 0.6 is 0 Å². The minimum atomic E-state index is -0.239. The number of aryl methyl sites for hydroxylation is 1. The second-order valence-corrected chi connectivity index (χ2v) is 7.80. The summed E-state index contributed by atoms with van der Waals surface area (Å²) in [7, 11) is 0. The molecule has 3 aliphatic rings. The molecule has 1 spiro atoms. The molecule has 0 radical (unpaired) electrons. The Morgan fingerprint density at radius 1 is 1.38 bits per heavy atom. The smallest absolute Gasteiger partial charge is 0.232 e. The highest BCUT2D eigenvalue weighted by molar-refractivity contribution is 5.80. The molecule has 0 unspecified atom stereocenters. The van der Waals surface area contributed by atoms with Crippen LogP contribution in [-0.2, 0) is 9.53 Å². The van der Waals surface area contributed by atoms with Gasteiger partial charge in [-0.05, 0) is 32.6 Å². The SMILES string of the molecule is Cc1cncc(O[C@H]2CCOC3(C2)CN(C(=O)CC2=CCCCC2)C3)n1. The number of ether oxygens (including phenoxy) is 2. The molecule has 0 saturated carbocycles. The largest absolute Gasteiger partial charge is 0.473 e. The van der Waals surface area contributed by atoms with Crippen molar-refractivity contribution < 1.29 is 14.3 Å². The summed E-state index contributed by atoms with van der Waals surface area (Å²) in [5.41, 5.74) is 1.92. The van der Waals surface area contributed by atoms with Crippen molar-refractivity contribution in [3.8, 4) is 5.88 Å². The van der Waals surface area contributed by atoms with Crippen molar-refractivity contribution in [2.24, 2.45) is 0 Å². The highest BCUT2D eigenvalue weighted by Crippen LogP contribution is 2.36. The second kappa shape index (κ2) is 7.35. The van der Waals surface area contributed by atoms with Gasteiger partial charge in [0.15, 0.2) is 0 Å². The molecule has 2 saturated heterocycles. The van der Waals surface area contributed by atoms with E-state index in [1.807, 2.05) is 11.8 Å². The van der Waals surface area contributed by atoms with Gasteiger partial charge in [-0.2, -0.15) is 0 Å². The summed E-state index contributed by atoms with van der Waals surface area (Å²) in [4.78, 5) is 22.9. The highest BCUT2D eigenvalue weighted by Gasteiger charge is 2.49. The minimum absolute atomic E-state index is 0.0677. The minimum Gasteiger partial charge on any atom is -0.473 e. The third-order valence-corrected chi connectivity index (χ3v) is 5.54. The Bertz CT molecular complexity index is 697. The summed E-state index contributed by atoms with van der Waals surface area (Å²) in [6.45, 7) is 3.93. The normalized spacial score (nSPS) is 24.7. The lowest BCUT2D eigenvalue weighted by Crippen LogP contribution is -2.67. The third-order valence-electron chi connectivity index (χ3n) is 5.54. The zero-order valence-electron chi connectivity index (χ0n) is 15.4. The van der Waals surface area contributed by atoms with Crippen molar-refractivity contribution in [2.75, 3.05) is 19.7 Å². The van der Waals surface area contributed by atoms with E-state index in [4.69, 9.17) is 9.47 Å². The van der Waals surface area contributed by atoms with Crippen molar-refractivity contribution in [3.63, 3.8) is 0 Å². The first-order valence-corrected chi connectivity index (χ1v) is 9.67. The van der Waals surface area contributed by atoms with E-state index >= 15 is 0 Å². The number of hydrogen-bond acceptors (Lipinski definition) is 5. The van der Waals surface area contributed by atoms with Crippen LogP contribution in [0.1, 0.15) is 50.6 Å². The van der Waals surface area contributed by atoms with E-state index in [1.54, 1.807) is 12.4 Å². The first-order chi connectivity index (χ1) is 12.6. The van der Waals surface area contributed by atoms with Crippen LogP contribution in [0.5, 0.6) is 5.88 Å². The van der Waals surface area contributed by atoms with Crippen LogP contribution in [0.15, 0.2) is 24.0 Å². The Labute approximate surface area is 154 Å². The molecule has 26 heavy (non-hydrogen) atoms. The van der Waals surface area contributed by atoms with Gasteiger partial charge < -0.3 is 14.4 Å². The summed E-state index contributed by atoms with van der Waals surface area (Å²) in [6.07, 6.45) is 12.6. The maximum atomic E-state index is 12.5. The van der Waals surface area contributed by atoms with Gasteiger partial charge in [-0.3, -0.25) is 9.78 Å². The van der Waals surface area contributed by atoms with Crippen molar-refractivity contribution in [3.05, 3.63) is 29.7 Å². The van der Waals surface area contributed by atoms with Crippen LogP contribution in [0.3, 0.4) is 0 Å². The number of nitrogens with zero attached hydrogens (tertiary/aromatic N) is 3. The maximum absolute atomic E-state index is 12.5. The van der Waals surface area contributed by atoms with E-state index in [-0.39, 0.29) is 17.6 Å². The molecular weight excluding hydrogens is 330 g/mol. The molecule has 6 nitrogen and oxygen atoms in total. The molecule has 1 atom stereocenters. The van der Waals surface area contributed by atoms with Gasteiger partial charge in [-0.25, -0.2) is 4.98 Å². The fourth-order valence-corrected chi connectivity index (χ4v) is 4.17. The number of carbonyl (C=O) groups is 1. The van der Waals surface area contributed by atoms with Crippen LogP contribution in [0.25, 0.3) is 0 Å². The molecule has 0 N–H and O–H groups in total. The number of allylic oxidation sites excluding steroid dienone is 1. The molecule has 3 heterocycles. The lowest BCUT2D eigenvalue weighted by molar-refractivity contribution is -0.193. The second-order valence-electron chi connectivity index (χ2n) is 7.80. The number of amides is 1. The Balaban J connectivity index is 1.30. The van der Waals surface area contributed by atoms with E-state index in [0.29, 0.717) is 32.0 Å². The molecule has 140 valence electrons. The van der Waals surface area contributed by atoms with Gasteiger partial charge in [0.1, 0.15) is 11.7 Å². The van der Waals surface area contributed by atoms with Gasteiger partial charge in [-0.15, -0.1) is 0 Å². The standard InChI is InChI=1S/C20H27N3O3/c1-15-11-21-12-18(22-15)26-17-7-8-25-20(10-17)13-23(14-20)19(24)9-16-5-3-2-4-6-16/h5,11-12,17H,2-4,6-10,13-14H2,1H3/t17-/m0/s1. The van der Waals surface area contributed by atoms with E-state index < -0.39 is 0 Å². The molecule has 0 bridgehead atoms. The first kappa shape index (κ1) is 17.5. The number of aromatic nitrogens is 2. The average molecular weight is 357 g/mol. The summed E-state index contributed by atoms with van der Waals surface area (Å²) in [5, 5.41) is 0. The van der Waals surface area contributed by atoms with Crippen LogP contribution in [0.4, 0.5) is 0 Å². The summed E-state index contributed by atoms with van der Waals surface area (Å²) < 4.78 is 12.1. The van der Waals surface area contributed by atoms with Crippen LogP contribution < -0.4 is 4.74 Å². The maximum Gasteiger partial charge on any atom is 0.232 e. The lowest BCUT2D eigenvalue weighted by atomic mass is 9.84. The molecular formula is C20H27N3O3. The van der Waals surface area contributed by atoms with E-state index in [0.717, 1.165) is 31.4 Å². The number of hydrogen-bond donors (Lipinski definition) is 0. The number of carbonyl (C=O) groups excluding carboxylic acids is 1. The summed E-state index contributed by atoms with van der Waals surface area (Å²) >= 11 is 0. The molecule has 1 aromatic rings. The van der Waals surface area contributed by atoms with Crippen LogP contribution in [0, 0.1) is 6.92 Å². The Morgan fingerprint density at radius 3 is 3.04 bits per heavy atom. The lowest BCUT2D eigenvalue weighted by Gasteiger charge is -2.53. The van der Waals surface area contributed by atoms with Crippen LogP contribution in [-0.4, -0.2) is 52.2 Å². The van der Waals surface area contributed by atoms with Gasteiger partial charge in [0, 0.05) is 25.5 Å². The van der Waals surface area contributed by atoms with Gasteiger partial charge in [0.2, 0.25) is 11.8 Å². The Morgan fingerprint density at radius 2 is 2.27 bits per heavy atom. The molecule has 0 aromatic carbocycles. The van der Waals surface area contributed by atoms with Crippen LogP contribution in [0.2, 0.25) is 0 Å².